The number of benzene rings is 1. The molecule has 3 nitrogen and oxygen atoms in total. The highest BCUT2D eigenvalue weighted by Gasteiger charge is 2.16. The summed E-state index contributed by atoms with van der Waals surface area (Å²) in [5, 5.41) is 3.43. The van der Waals surface area contributed by atoms with Gasteiger partial charge in [0, 0.05) is 4.47 Å². The van der Waals surface area contributed by atoms with E-state index in [-0.39, 0.29) is 11.9 Å². The molecule has 2 rings (SSSR count). The predicted molar refractivity (Wildman–Crippen MR) is 78.7 cm³/mol. The molecule has 0 radical (unpaired) electrons. The minimum Gasteiger partial charge on any atom is -0.308 e. The maximum absolute atomic E-state index is 13.3. The zero-order valence-electron chi connectivity index (χ0n) is 10.6. The van der Waals surface area contributed by atoms with Crippen LogP contribution in [0.3, 0.4) is 0 Å². The van der Waals surface area contributed by atoms with Gasteiger partial charge in [-0.15, -0.1) is 0 Å². The molecule has 0 amide bonds. The number of aromatic nitrogens is 2. The van der Waals surface area contributed by atoms with Gasteiger partial charge in [-0.1, -0.05) is 22.9 Å². The Hall–Kier alpha value is -0.850. The Labute approximate surface area is 124 Å². The predicted octanol–water partition coefficient (Wildman–Crippen LogP) is 3.72. The Bertz CT molecular complexity index is 519. The second-order valence-electron chi connectivity index (χ2n) is 4.28. The van der Waals surface area contributed by atoms with E-state index < -0.39 is 0 Å². The summed E-state index contributed by atoms with van der Waals surface area (Å²) in [5.74, 6) is -0.219. The largest absolute Gasteiger partial charge is 0.308 e. The van der Waals surface area contributed by atoms with E-state index in [0.29, 0.717) is 6.42 Å². The normalized spacial score (nSPS) is 12.6. The Balaban J connectivity index is 2.17. The lowest BCUT2D eigenvalue weighted by molar-refractivity contribution is 0.518. The summed E-state index contributed by atoms with van der Waals surface area (Å²) in [5.41, 5.74) is 1.84. The van der Waals surface area contributed by atoms with Gasteiger partial charge in [0.15, 0.2) is 0 Å². The van der Waals surface area contributed by atoms with E-state index in [1.54, 1.807) is 18.3 Å². The van der Waals surface area contributed by atoms with Gasteiger partial charge in [-0.25, -0.2) is 4.39 Å². The molecule has 2 aromatic rings. The maximum Gasteiger partial charge on any atom is 0.123 e. The Kier molecular flexibility index (Phi) is 5.42. The lowest BCUT2D eigenvalue weighted by Gasteiger charge is -2.17. The molecule has 1 heterocycles. The van der Waals surface area contributed by atoms with Gasteiger partial charge < -0.3 is 5.32 Å². The highest BCUT2D eigenvalue weighted by Crippen LogP contribution is 2.24. The van der Waals surface area contributed by atoms with Gasteiger partial charge in [-0.05, 0) is 43.1 Å². The standard InChI is InChI=1S/C13H15BrFN3S/c1-2-5-16-12(13-8-17-19-18-13)7-9-6-10(15)3-4-11(9)14/h3-4,6,8,12,16H,2,5,7H2,1H3. The minimum absolute atomic E-state index is 0.0665. The molecule has 1 aromatic heterocycles. The molecule has 0 fully saturated rings. The van der Waals surface area contributed by atoms with E-state index in [0.717, 1.165) is 28.7 Å². The molecule has 19 heavy (non-hydrogen) atoms. The number of halogens is 2. The second kappa shape index (κ2) is 7.07. The first kappa shape index (κ1) is 14.6. The number of nitrogens with zero attached hydrogens (tertiary/aromatic N) is 2. The molecule has 0 saturated carbocycles. The fraction of sp³-hybridized carbons (Fsp3) is 0.385. The maximum atomic E-state index is 13.3. The Morgan fingerprint density at radius 3 is 3.00 bits per heavy atom. The van der Waals surface area contributed by atoms with Crippen LogP contribution < -0.4 is 5.32 Å². The van der Waals surface area contributed by atoms with E-state index in [2.05, 4.69) is 36.9 Å². The fourth-order valence-electron chi connectivity index (χ4n) is 1.84. The molecule has 6 heteroatoms. The number of hydrogen-bond acceptors (Lipinski definition) is 4. The molecule has 1 unspecified atom stereocenters. The number of rotatable bonds is 6. The fourth-order valence-corrected chi connectivity index (χ4v) is 2.72. The Morgan fingerprint density at radius 2 is 2.32 bits per heavy atom. The monoisotopic (exact) mass is 343 g/mol. The van der Waals surface area contributed by atoms with Gasteiger partial charge in [0.2, 0.25) is 0 Å². The van der Waals surface area contributed by atoms with Crippen molar-refractivity contribution in [3.8, 4) is 0 Å². The summed E-state index contributed by atoms with van der Waals surface area (Å²) in [4.78, 5) is 0. The second-order valence-corrected chi connectivity index (χ2v) is 5.69. The lowest BCUT2D eigenvalue weighted by atomic mass is 10.0. The molecule has 102 valence electrons. The third-order valence-corrected chi connectivity index (χ3v) is 4.07. The van der Waals surface area contributed by atoms with Crippen molar-refractivity contribution in [2.45, 2.75) is 25.8 Å². The third-order valence-electron chi connectivity index (χ3n) is 2.81. The SMILES string of the molecule is CCCNC(Cc1cc(F)ccc1Br)c1cnsn1. The van der Waals surface area contributed by atoms with Gasteiger partial charge in [0.25, 0.3) is 0 Å². The molecule has 1 aromatic carbocycles. The van der Waals surface area contributed by atoms with Crippen molar-refractivity contribution in [2.24, 2.45) is 0 Å². The van der Waals surface area contributed by atoms with Crippen molar-refractivity contribution >= 4 is 27.7 Å². The van der Waals surface area contributed by atoms with Crippen molar-refractivity contribution < 1.29 is 4.39 Å². The number of hydrogen-bond donors (Lipinski definition) is 1. The third kappa shape index (κ3) is 4.06. The average Bonchev–Trinajstić information content (AvgIpc) is 2.92. The zero-order valence-corrected chi connectivity index (χ0v) is 13.0. The van der Waals surface area contributed by atoms with E-state index in [1.165, 1.54) is 17.8 Å². The smallest absolute Gasteiger partial charge is 0.123 e. The minimum atomic E-state index is -0.219. The molecular weight excluding hydrogens is 329 g/mol. The van der Waals surface area contributed by atoms with Crippen LogP contribution in [0.25, 0.3) is 0 Å². The first-order valence-electron chi connectivity index (χ1n) is 6.15. The van der Waals surface area contributed by atoms with E-state index in [4.69, 9.17) is 0 Å². The molecule has 0 aliphatic heterocycles. The van der Waals surface area contributed by atoms with Gasteiger partial charge in [-0.3, -0.25) is 0 Å². The van der Waals surface area contributed by atoms with E-state index in [9.17, 15) is 4.39 Å². The van der Waals surface area contributed by atoms with Crippen LogP contribution in [0.2, 0.25) is 0 Å². The molecule has 0 aliphatic carbocycles. The quantitative estimate of drug-likeness (QED) is 0.868. The van der Waals surface area contributed by atoms with Gasteiger partial charge in [-0.2, -0.15) is 8.75 Å². The van der Waals surface area contributed by atoms with Crippen LogP contribution >= 0.6 is 27.7 Å². The number of nitrogens with one attached hydrogen (secondary N) is 1. The summed E-state index contributed by atoms with van der Waals surface area (Å²) >= 11 is 4.66. The summed E-state index contributed by atoms with van der Waals surface area (Å²) in [7, 11) is 0. The van der Waals surface area contributed by atoms with Crippen LogP contribution in [0.15, 0.2) is 28.9 Å². The molecular formula is C13H15BrFN3S. The summed E-state index contributed by atoms with van der Waals surface area (Å²) < 4.78 is 22.6. The van der Waals surface area contributed by atoms with Crippen molar-refractivity contribution in [1.29, 1.82) is 0 Å². The van der Waals surface area contributed by atoms with E-state index >= 15 is 0 Å². The molecule has 1 N–H and O–H groups in total. The molecule has 0 bridgehead atoms. The van der Waals surface area contributed by atoms with Crippen molar-refractivity contribution in [1.82, 2.24) is 14.1 Å². The van der Waals surface area contributed by atoms with Crippen LogP contribution in [0, 0.1) is 5.82 Å². The topological polar surface area (TPSA) is 37.8 Å². The van der Waals surface area contributed by atoms with Crippen LogP contribution in [-0.2, 0) is 6.42 Å². The summed E-state index contributed by atoms with van der Waals surface area (Å²) in [6.07, 6.45) is 3.49. The summed E-state index contributed by atoms with van der Waals surface area (Å²) in [6, 6.07) is 4.81. The van der Waals surface area contributed by atoms with Crippen molar-refractivity contribution in [2.75, 3.05) is 6.54 Å². The van der Waals surface area contributed by atoms with Crippen molar-refractivity contribution in [3.05, 3.63) is 45.9 Å². The Morgan fingerprint density at radius 1 is 1.47 bits per heavy atom. The van der Waals surface area contributed by atoms with Gasteiger partial charge in [0.05, 0.1) is 29.7 Å². The molecule has 0 aliphatic rings. The molecule has 0 spiro atoms. The zero-order chi connectivity index (χ0) is 13.7. The molecule has 0 saturated heterocycles. The van der Waals surface area contributed by atoms with Crippen molar-refractivity contribution in [3.63, 3.8) is 0 Å². The van der Waals surface area contributed by atoms with Crippen LogP contribution in [0.1, 0.15) is 30.6 Å². The summed E-state index contributed by atoms with van der Waals surface area (Å²) in [6.45, 7) is 3.01. The van der Waals surface area contributed by atoms with Crippen LogP contribution in [-0.4, -0.2) is 15.3 Å². The molecule has 1 atom stereocenters. The lowest BCUT2D eigenvalue weighted by Crippen LogP contribution is -2.24. The van der Waals surface area contributed by atoms with Crippen LogP contribution in [0.5, 0.6) is 0 Å². The first-order valence-corrected chi connectivity index (χ1v) is 7.67. The van der Waals surface area contributed by atoms with Crippen LogP contribution in [0.4, 0.5) is 4.39 Å². The van der Waals surface area contributed by atoms with Gasteiger partial charge in [0.1, 0.15) is 5.82 Å². The highest BCUT2D eigenvalue weighted by atomic mass is 79.9. The van der Waals surface area contributed by atoms with E-state index in [1.807, 2.05) is 0 Å². The first-order chi connectivity index (χ1) is 9.20. The van der Waals surface area contributed by atoms with Gasteiger partial charge >= 0.3 is 0 Å². The average molecular weight is 344 g/mol. The highest BCUT2D eigenvalue weighted by molar-refractivity contribution is 9.10.